The summed E-state index contributed by atoms with van der Waals surface area (Å²) in [6, 6.07) is 8.64. The summed E-state index contributed by atoms with van der Waals surface area (Å²) in [6.45, 7) is -0.537. The molecule has 0 saturated heterocycles. The molecular weight excluding hydrogens is 355 g/mol. The van der Waals surface area contributed by atoms with Crippen molar-refractivity contribution in [3.8, 4) is 17.2 Å². The van der Waals surface area contributed by atoms with E-state index in [4.69, 9.17) is 18.9 Å². The Balaban J connectivity index is 2.01. The molecule has 0 aromatic heterocycles. The highest BCUT2D eigenvalue weighted by atomic mass is 19.1. The summed E-state index contributed by atoms with van der Waals surface area (Å²) in [5.74, 6) is -0.544. The molecule has 0 unspecified atom stereocenters. The van der Waals surface area contributed by atoms with Crippen LogP contribution in [0, 0.1) is 5.82 Å². The fraction of sp³-hybridized carbons (Fsp3) is 0.200. The number of Topliss-reactive ketones (excluding diaryl/α,β-unsaturated/α-hetero) is 1. The Bertz CT molecular complexity index is 837. The number of hydrogen-bond donors (Lipinski definition) is 0. The van der Waals surface area contributed by atoms with Crippen LogP contribution in [-0.2, 0) is 9.53 Å². The van der Waals surface area contributed by atoms with E-state index in [0.717, 1.165) is 6.07 Å². The molecule has 0 heterocycles. The summed E-state index contributed by atoms with van der Waals surface area (Å²) in [7, 11) is 4.40. The van der Waals surface area contributed by atoms with Crippen LogP contribution in [0.4, 0.5) is 4.39 Å². The minimum Gasteiger partial charge on any atom is -0.497 e. The molecule has 0 aliphatic heterocycles. The first-order chi connectivity index (χ1) is 13.0. The lowest BCUT2D eigenvalue weighted by Crippen LogP contribution is -2.13. The molecule has 6 nitrogen and oxygen atoms in total. The van der Waals surface area contributed by atoms with Crippen molar-refractivity contribution >= 4 is 17.8 Å². The van der Waals surface area contributed by atoms with E-state index in [0.29, 0.717) is 17.1 Å². The molecule has 0 N–H and O–H groups in total. The van der Waals surface area contributed by atoms with E-state index in [-0.39, 0.29) is 11.3 Å². The van der Waals surface area contributed by atoms with Gasteiger partial charge in [-0.25, -0.2) is 9.18 Å². The van der Waals surface area contributed by atoms with E-state index in [1.54, 1.807) is 18.2 Å². The molecule has 142 valence electrons. The average molecular weight is 374 g/mol. The van der Waals surface area contributed by atoms with Crippen molar-refractivity contribution in [2.45, 2.75) is 0 Å². The molecule has 2 aromatic rings. The second-order valence-corrected chi connectivity index (χ2v) is 5.35. The smallest absolute Gasteiger partial charge is 0.331 e. The van der Waals surface area contributed by atoms with Crippen LogP contribution < -0.4 is 14.2 Å². The molecule has 7 heteroatoms. The summed E-state index contributed by atoms with van der Waals surface area (Å²) >= 11 is 0. The molecule has 0 saturated carbocycles. The molecule has 0 aliphatic rings. The van der Waals surface area contributed by atoms with Gasteiger partial charge < -0.3 is 18.9 Å². The van der Waals surface area contributed by atoms with E-state index >= 15 is 0 Å². The zero-order valence-electron chi connectivity index (χ0n) is 15.2. The van der Waals surface area contributed by atoms with Crippen LogP contribution in [0.25, 0.3) is 6.08 Å². The molecule has 0 atom stereocenters. The molecule has 2 rings (SSSR count). The molecule has 27 heavy (non-hydrogen) atoms. The second kappa shape index (κ2) is 9.38. The van der Waals surface area contributed by atoms with Crippen molar-refractivity contribution in [3.05, 3.63) is 59.4 Å². The number of ether oxygens (including phenoxy) is 4. The van der Waals surface area contributed by atoms with E-state index in [1.165, 1.54) is 45.6 Å². The SMILES string of the molecule is COc1cc(/C=C/C(=O)OCC(=O)c2cc(F)ccc2OC)cc(OC)c1. The molecular formula is C20H19FO6. The van der Waals surface area contributed by atoms with E-state index in [9.17, 15) is 14.0 Å². The van der Waals surface area contributed by atoms with Gasteiger partial charge in [-0.3, -0.25) is 4.79 Å². The number of carbonyl (C=O) groups is 2. The quantitative estimate of drug-likeness (QED) is 0.401. The molecule has 0 aliphatic carbocycles. The first-order valence-electron chi connectivity index (χ1n) is 7.91. The van der Waals surface area contributed by atoms with Crippen molar-refractivity contribution in [1.82, 2.24) is 0 Å². The minimum absolute atomic E-state index is 0.00631. The number of esters is 1. The number of methoxy groups -OCH3 is 3. The van der Waals surface area contributed by atoms with Gasteiger partial charge in [0.2, 0.25) is 5.78 Å². The lowest BCUT2D eigenvalue weighted by atomic mass is 10.1. The highest BCUT2D eigenvalue weighted by Gasteiger charge is 2.15. The van der Waals surface area contributed by atoms with Crippen molar-refractivity contribution in [2.24, 2.45) is 0 Å². The van der Waals surface area contributed by atoms with Crippen LogP contribution in [0.5, 0.6) is 17.2 Å². The third kappa shape index (κ3) is 5.57. The van der Waals surface area contributed by atoms with E-state index in [1.807, 2.05) is 0 Å². The maximum Gasteiger partial charge on any atom is 0.331 e. The van der Waals surface area contributed by atoms with Gasteiger partial charge >= 0.3 is 5.97 Å². The molecule has 0 bridgehead atoms. The van der Waals surface area contributed by atoms with Crippen molar-refractivity contribution in [2.75, 3.05) is 27.9 Å². The van der Waals surface area contributed by atoms with Crippen LogP contribution >= 0.6 is 0 Å². The summed E-state index contributed by atoms with van der Waals surface area (Å²) < 4.78 is 33.5. The van der Waals surface area contributed by atoms with Crippen LogP contribution in [0.15, 0.2) is 42.5 Å². The topological polar surface area (TPSA) is 71.1 Å². The number of carbonyl (C=O) groups excluding carboxylic acids is 2. The third-order valence-corrected chi connectivity index (χ3v) is 3.59. The molecule has 0 amide bonds. The van der Waals surface area contributed by atoms with E-state index < -0.39 is 24.2 Å². The molecule has 0 fully saturated rings. The highest BCUT2D eigenvalue weighted by Crippen LogP contribution is 2.23. The van der Waals surface area contributed by atoms with Gasteiger partial charge in [0.25, 0.3) is 0 Å². The van der Waals surface area contributed by atoms with Gasteiger partial charge in [0, 0.05) is 12.1 Å². The molecule has 2 aromatic carbocycles. The zero-order chi connectivity index (χ0) is 19.8. The third-order valence-electron chi connectivity index (χ3n) is 3.59. The van der Waals surface area contributed by atoms with Gasteiger partial charge in [0.05, 0.1) is 26.9 Å². The lowest BCUT2D eigenvalue weighted by Gasteiger charge is -2.08. The maximum atomic E-state index is 13.3. The summed E-state index contributed by atoms with van der Waals surface area (Å²) in [6.07, 6.45) is 2.67. The Kier molecular flexibility index (Phi) is 6.93. The Morgan fingerprint density at radius 2 is 1.63 bits per heavy atom. The Morgan fingerprint density at radius 3 is 2.22 bits per heavy atom. The van der Waals surface area contributed by atoms with Gasteiger partial charge in [-0.15, -0.1) is 0 Å². The zero-order valence-corrected chi connectivity index (χ0v) is 15.2. The van der Waals surface area contributed by atoms with Crippen LogP contribution in [-0.4, -0.2) is 39.7 Å². The van der Waals surface area contributed by atoms with Crippen molar-refractivity contribution in [1.29, 1.82) is 0 Å². The number of rotatable bonds is 8. The summed E-state index contributed by atoms with van der Waals surface area (Å²) in [5, 5.41) is 0. The molecule has 0 spiro atoms. The Hall–Kier alpha value is -3.35. The summed E-state index contributed by atoms with van der Waals surface area (Å²) in [5.41, 5.74) is 0.660. The number of benzene rings is 2. The monoisotopic (exact) mass is 374 g/mol. The van der Waals surface area contributed by atoms with Gasteiger partial charge in [-0.1, -0.05) is 0 Å². The van der Waals surface area contributed by atoms with Gasteiger partial charge in [-0.05, 0) is 42.0 Å². The van der Waals surface area contributed by atoms with Gasteiger partial charge in [-0.2, -0.15) is 0 Å². The van der Waals surface area contributed by atoms with Gasteiger partial charge in [0.1, 0.15) is 23.1 Å². The predicted molar refractivity (Wildman–Crippen MR) is 96.8 cm³/mol. The van der Waals surface area contributed by atoms with Crippen LogP contribution in [0.2, 0.25) is 0 Å². The largest absolute Gasteiger partial charge is 0.497 e. The first kappa shape index (κ1) is 20.0. The number of halogens is 1. The minimum atomic E-state index is -0.722. The second-order valence-electron chi connectivity index (χ2n) is 5.35. The van der Waals surface area contributed by atoms with Crippen LogP contribution in [0.3, 0.4) is 0 Å². The van der Waals surface area contributed by atoms with Crippen LogP contribution in [0.1, 0.15) is 15.9 Å². The van der Waals surface area contributed by atoms with Crippen molar-refractivity contribution < 1.29 is 32.9 Å². The highest BCUT2D eigenvalue weighted by molar-refractivity contribution is 6.01. The predicted octanol–water partition coefficient (Wildman–Crippen LogP) is 3.29. The fourth-order valence-electron chi connectivity index (χ4n) is 2.25. The standard InChI is InChI=1S/C20H19FO6/c1-24-15-8-13(9-16(11-15)25-2)4-7-20(23)27-12-18(22)17-10-14(21)5-6-19(17)26-3/h4-11H,12H2,1-3H3/b7-4+. The average Bonchev–Trinajstić information content (AvgIpc) is 2.69. The lowest BCUT2D eigenvalue weighted by molar-refractivity contribution is -0.136. The molecule has 0 radical (unpaired) electrons. The Morgan fingerprint density at radius 1 is 0.963 bits per heavy atom. The normalized spacial score (nSPS) is 10.5. The number of ketones is 1. The first-order valence-corrected chi connectivity index (χ1v) is 7.91. The van der Waals surface area contributed by atoms with Crippen molar-refractivity contribution in [3.63, 3.8) is 0 Å². The Labute approximate surface area is 156 Å². The summed E-state index contributed by atoms with van der Waals surface area (Å²) in [4.78, 5) is 24.0. The van der Waals surface area contributed by atoms with Gasteiger partial charge in [0.15, 0.2) is 6.61 Å². The maximum absolute atomic E-state index is 13.3. The number of hydrogen-bond acceptors (Lipinski definition) is 6. The fourth-order valence-corrected chi connectivity index (χ4v) is 2.25. The van der Waals surface area contributed by atoms with E-state index in [2.05, 4.69) is 0 Å².